The van der Waals surface area contributed by atoms with Gasteiger partial charge in [0.2, 0.25) is 0 Å². The molecule has 9 aromatic carbocycles. The van der Waals surface area contributed by atoms with Gasteiger partial charge in [-0.15, -0.1) is 60.4 Å². The van der Waals surface area contributed by atoms with Crippen LogP contribution in [0.4, 0.5) is 26.3 Å². The number of fused-ring (bicyclic) bond motifs is 6. The summed E-state index contributed by atoms with van der Waals surface area (Å²) in [6, 6.07) is 55.0. The zero-order valence-electron chi connectivity index (χ0n) is 75.4. The van der Waals surface area contributed by atoms with Gasteiger partial charge >= 0.3 is 30.5 Å². The highest BCUT2D eigenvalue weighted by atomic mass is 35.5. The predicted octanol–water partition coefficient (Wildman–Crippen LogP) is 28.3. The molecule has 1 aliphatic rings. The summed E-state index contributed by atoms with van der Waals surface area (Å²) in [6.07, 6.45) is -3.03. The predicted molar refractivity (Wildman–Crippen MR) is 523 cm³/mol. The molecule has 0 spiro atoms. The van der Waals surface area contributed by atoms with Crippen LogP contribution in [0.2, 0.25) is 15.1 Å². The number of halogens is 9. The summed E-state index contributed by atoms with van der Waals surface area (Å²) >= 11 is 23.2. The first kappa shape index (κ1) is 95.6. The van der Waals surface area contributed by atoms with Gasteiger partial charge in [-0.25, -0.2) is 29.3 Å². The number of carbonyl (C=O) groups is 3. The zero-order chi connectivity index (χ0) is 96.2. The topological polar surface area (TPSA) is 243 Å². The van der Waals surface area contributed by atoms with E-state index in [1.165, 1.54) is 52.8 Å². The molecule has 0 bridgehead atoms. The minimum atomic E-state index is -4.62. The Labute approximate surface area is 799 Å². The molecule has 1 aliphatic heterocycles. The molecule has 3 atom stereocenters. The van der Waals surface area contributed by atoms with Gasteiger partial charge in [0.15, 0.2) is 18.3 Å². The minimum absolute atomic E-state index is 0.0348. The SMILES string of the molecule is CCOC(=O)[C@@H](OC(C)(C)C)c1c(C)cc2nc(-c3ccnc(-c4ccc5c(c4)C=NC5)c3)sc2c1-c1ccc(Cl)cc1.CCOC(=O)[C@@H](OC(C)(C)C)c1c(C)cc2nc(-c3ccnc(-c4ccc5c(cnn5C(F)(F)F)c4)c3)sc2c1-c1ccc(Cl)cc1.Cc1cc2nc(-c3ccnc(-c4ccc5c(cnn5C(F)(F)F)c4)c3)sc2c(-c2ccc(Cl)cc2)c1[C@H](OC(C)(C)C)C(=O)O. The summed E-state index contributed by atoms with van der Waals surface area (Å²) in [5.41, 5.74) is 18.6. The third kappa shape index (κ3) is 21.0. The Morgan fingerprint density at radius 3 is 1.06 bits per heavy atom. The van der Waals surface area contributed by atoms with Crippen LogP contribution in [0, 0.1) is 20.8 Å². The number of aliphatic imine (C=N–C) groups is 1. The van der Waals surface area contributed by atoms with Crippen LogP contribution in [0.25, 0.3) is 151 Å². The molecule has 0 radical (unpaired) electrons. The van der Waals surface area contributed by atoms with Crippen molar-refractivity contribution in [3.05, 3.63) is 273 Å². The Hall–Kier alpha value is -12.6. The Morgan fingerprint density at radius 1 is 0.415 bits per heavy atom. The van der Waals surface area contributed by atoms with Gasteiger partial charge in [0.25, 0.3) is 0 Å². The van der Waals surface area contributed by atoms with Crippen LogP contribution in [-0.2, 0) is 57.2 Å². The zero-order valence-corrected chi connectivity index (χ0v) is 80.1. The number of thiazole rings is 3. The van der Waals surface area contributed by atoms with Crippen LogP contribution in [-0.4, -0.2) is 109 Å². The molecule has 18 rings (SSSR count). The number of alkyl halides is 6. The van der Waals surface area contributed by atoms with Gasteiger partial charge in [0.1, 0.15) is 15.0 Å². The van der Waals surface area contributed by atoms with Crippen molar-refractivity contribution in [1.29, 1.82) is 0 Å². The molecule has 9 heterocycles. The highest BCUT2D eigenvalue weighted by Crippen LogP contribution is 2.50. The van der Waals surface area contributed by atoms with Crippen molar-refractivity contribution in [2.75, 3.05) is 13.2 Å². The quantitative estimate of drug-likeness (QED) is 0.0551. The van der Waals surface area contributed by atoms with Crippen molar-refractivity contribution in [2.24, 2.45) is 4.99 Å². The maximum Gasteiger partial charge on any atom is 0.505 e. The number of aryl methyl sites for hydroxylation is 3. The second-order valence-corrected chi connectivity index (χ2v) is 39.3. The molecule has 0 aliphatic carbocycles. The fraction of sp³-hybridized carbons (Fsp3) is 0.243. The first-order valence-electron chi connectivity index (χ1n) is 42.9. The third-order valence-corrected chi connectivity index (χ3v) is 25.9. The molecule has 0 fully saturated rings. The van der Waals surface area contributed by atoms with E-state index in [2.05, 4.69) is 54.4 Å². The number of aliphatic carboxylic acids is 1. The number of hydrogen-bond acceptors (Lipinski definition) is 20. The molecule has 17 aromatic rings. The van der Waals surface area contributed by atoms with Crippen molar-refractivity contribution in [1.82, 2.24) is 49.5 Å². The molecular weight excluding hydrogens is 1850 g/mol. The van der Waals surface area contributed by atoms with Gasteiger partial charge in [0.05, 0.1) is 108 Å². The van der Waals surface area contributed by atoms with Gasteiger partial charge in [-0.1, -0.05) is 95.5 Å². The van der Waals surface area contributed by atoms with Crippen LogP contribution < -0.4 is 0 Å². The summed E-state index contributed by atoms with van der Waals surface area (Å²) in [7, 11) is 0. The number of carbonyl (C=O) groups excluding carboxylic acids is 2. The lowest BCUT2D eigenvalue weighted by Gasteiger charge is -2.29. The normalized spacial score (nSPS) is 13.1. The van der Waals surface area contributed by atoms with Gasteiger partial charge in [-0.05, 0) is 263 Å². The number of benzene rings is 9. The molecule has 0 unspecified atom stereocenters. The number of carboxylic acid groups (broad SMARTS) is 1. The van der Waals surface area contributed by atoms with E-state index < -0.39 is 65.6 Å². The lowest BCUT2D eigenvalue weighted by atomic mass is 9.91. The Balaban J connectivity index is 0.000000147. The van der Waals surface area contributed by atoms with Crippen molar-refractivity contribution in [3.8, 4) is 98.9 Å². The van der Waals surface area contributed by atoms with E-state index in [4.69, 9.17) is 73.4 Å². The first-order valence-corrected chi connectivity index (χ1v) is 46.4. The van der Waals surface area contributed by atoms with Gasteiger partial charge in [0, 0.05) is 117 Å². The van der Waals surface area contributed by atoms with E-state index in [0.717, 1.165) is 115 Å². The number of carboxylic acids is 1. The molecule has 20 nitrogen and oxygen atoms in total. The number of hydrogen-bond donors (Lipinski definition) is 1. The van der Waals surface area contributed by atoms with Crippen molar-refractivity contribution >= 4 is 145 Å². The summed E-state index contributed by atoms with van der Waals surface area (Å²) < 4.78 is 112. The van der Waals surface area contributed by atoms with Crippen molar-refractivity contribution in [3.63, 3.8) is 0 Å². The number of ether oxygens (including phenoxy) is 5. The van der Waals surface area contributed by atoms with Gasteiger partial charge < -0.3 is 28.8 Å². The summed E-state index contributed by atoms with van der Waals surface area (Å²) in [6.45, 7) is 27.4. The van der Waals surface area contributed by atoms with Crippen LogP contribution in [0.15, 0.2) is 218 Å². The third-order valence-electron chi connectivity index (χ3n) is 21.8. The molecule has 0 saturated carbocycles. The Kier molecular flexibility index (Phi) is 27.1. The number of esters is 2. The summed E-state index contributed by atoms with van der Waals surface area (Å²) in [5, 5.41) is 22.0. The molecule has 690 valence electrons. The minimum Gasteiger partial charge on any atom is -0.479 e. The molecule has 0 saturated heterocycles. The average molecular weight is 1940 g/mol. The number of aromatic nitrogens is 10. The number of rotatable bonds is 20. The molecular formula is C103H88Cl3F6N11O9S3. The number of nitrogens with zero attached hydrogens (tertiary/aromatic N) is 11. The largest absolute Gasteiger partial charge is 0.505 e. The average Bonchev–Trinajstić information content (AvgIpc) is 1.64. The second-order valence-electron chi connectivity index (χ2n) is 35.0. The van der Waals surface area contributed by atoms with E-state index in [9.17, 15) is 45.8 Å². The summed E-state index contributed by atoms with van der Waals surface area (Å²) in [4.78, 5) is 72.5. The molecule has 8 aromatic heterocycles. The van der Waals surface area contributed by atoms with Crippen LogP contribution >= 0.6 is 68.8 Å². The van der Waals surface area contributed by atoms with Crippen molar-refractivity contribution < 1.29 is 69.5 Å². The maximum absolute atomic E-state index is 13.4. The van der Waals surface area contributed by atoms with Crippen LogP contribution in [0.3, 0.4) is 0 Å². The molecule has 135 heavy (non-hydrogen) atoms. The standard InChI is InChI=1S/C35H30ClF3N4O3S.C35H32ClN3O3S.C33H26ClF3N4O3S/c1-6-45-33(44)30(46-34(3,4)5)28-19(2)15-26-31(29(28)20-7-10-24(36)11-8-20)47-32(42-26)22-13-14-40-25(17-22)21-9-12-27-23(16-21)18-41-43(27)35(37,38)39;1-6-41-34(40)31(42-35(3,4)5)29-20(2)15-28-32(30(29)21-9-11-26(36)12-10-21)43-33(39-28)23-13-14-38-27(17-23)22-7-8-24-18-37-19-25(24)16-22;1-17-13-24-29(27(18-5-8-22(34)9-6-18)26(17)28(31(42)43)44-32(2,3)4)45-30(40-24)20-11-12-38-23(15-20)19-7-10-25-21(14-19)16-39-41(25)33(35,36)37/h7-18,30H,6H2,1-5H3;7-17,19,31H,6,18H2,1-5H3;5-16,28H,1-4H3,(H,42,43)/t30-;31-;28-/m000/s1. The first-order chi connectivity index (χ1) is 64.0. The van der Waals surface area contributed by atoms with Gasteiger partial charge in [-0.2, -0.15) is 19.6 Å². The monoisotopic (exact) mass is 1940 g/mol. The van der Waals surface area contributed by atoms with Gasteiger partial charge in [-0.3, -0.25) is 19.9 Å². The van der Waals surface area contributed by atoms with E-state index in [1.807, 2.05) is 186 Å². The van der Waals surface area contributed by atoms with E-state index in [1.54, 1.807) is 92.2 Å². The van der Waals surface area contributed by atoms with E-state index in [-0.39, 0.29) is 33.6 Å². The summed E-state index contributed by atoms with van der Waals surface area (Å²) in [5.74, 6) is -2.01. The van der Waals surface area contributed by atoms with E-state index in [0.29, 0.717) is 86.1 Å². The molecule has 32 heteroatoms. The second kappa shape index (κ2) is 38.3. The lowest BCUT2D eigenvalue weighted by molar-refractivity contribution is -0.209. The number of pyridine rings is 3. The smallest absolute Gasteiger partial charge is 0.479 e. The highest BCUT2D eigenvalue weighted by Gasteiger charge is 2.40. The lowest BCUT2D eigenvalue weighted by Crippen LogP contribution is -2.29. The van der Waals surface area contributed by atoms with Crippen molar-refractivity contribution in [2.45, 2.75) is 151 Å². The molecule has 1 N–H and O–H groups in total. The van der Waals surface area contributed by atoms with Crippen LogP contribution in [0.1, 0.15) is 139 Å². The fourth-order valence-corrected chi connectivity index (χ4v) is 19.9. The van der Waals surface area contributed by atoms with Crippen LogP contribution in [0.5, 0.6) is 0 Å². The van der Waals surface area contributed by atoms with E-state index >= 15 is 0 Å². The maximum atomic E-state index is 13.4. The molecule has 0 amide bonds. The highest BCUT2D eigenvalue weighted by molar-refractivity contribution is 7.23. The Morgan fingerprint density at radius 2 is 0.733 bits per heavy atom. The fourth-order valence-electron chi connectivity index (χ4n) is 16.1. The Bertz CT molecular complexity index is 7460.